The topological polar surface area (TPSA) is 33.7 Å². The number of nitrogens with zero attached hydrogens (tertiary/aromatic N) is 1. The van der Waals surface area contributed by atoms with Crippen molar-refractivity contribution in [1.82, 2.24) is 10.2 Å². The molecule has 0 saturated carbocycles. The van der Waals surface area contributed by atoms with Gasteiger partial charge in [0.05, 0.1) is 14.2 Å². The second-order valence-electron chi connectivity index (χ2n) is 5.85. The highest BCUT2D eigenvalue weighted by molar-refractivity contribution is 5.42. The zero-order valence-corrected chi connectivity index (χ0v) is 13.7. The average molecular weight is 292 g/mol. The van der Waals surface area contributed by atoms with E-state index in [4.69, 9.17) is 9.47 Å². The molecule has 2 atom stereocenters. The van der Waals surface area contributed by atoms with Crippen molar-refractivity contribution in [2.24, 2.45) is 5.92 Å². The zero-order valence-electron chi connectivity index (χ0n) is 13.7. The number of benzene rings is 1. The smallest absolute Gasteiger partial charge is 0.123 e. The normalized spacial score (nSPS) is 23.6. The molecule has 4 nitrogen and oxygen atoms in total. The van der Waals surface area contributed by atoms with E-state index >= 15 is 0 Å². The molecular weight excluding hydrogens is 264 g/mol. The third-order valence-electron chi connectivity index (χ3n) is 4.48. The first-order valence-electron chi connectivity index (χ1n) is 7.78. The van der Waals surface area contributed by atoms with Gasteiger partial charge in [-0.1, -0.05) is 6.42 Å². The van der Waals surface area contributed by atoms with Gasteiger partial charge < -0.3 is 14.8 Å². The molecule has 1 aromatic rings. The Hall–Kier alpha value is -1.26. The quantitative estimate of drug-likeness (QED) is 0.905. The Kier molecular flexibility index (Phi) is 5.88. The van der Waals surface area contributed by atoms with Gasteiger partial charge in [0, 0.05) is 11.6 Å². The van der Waals surface area contributed by atoms with Crippen LogP contribution in [0.25, 0.3) is 0 Å². The van der Waals surface area contributed by atoms with Crippen LogP contribution in [0, 0.1) is 5.92 Å². The minimum atomic E-state index is 0.366. The molecule has 2 unspecified atom stereocenters. The highest BCUT2D eigenvalue weighted by atomic mass is 16.5. The maximum absolute atomic E-state index is 5.61. The van der Waals surface area contributed by atoms with Gasteiger partial charge in [0.25, 0.3) is 0 Å². The molecule has 118 valence electrons. The summed E-state index contributed by atoms with van der Waals surface area (Å²) >= 11 is 0. The standard InChI is InChI=1S/C17H28N2O2/c1-18-12-13-7-5-6-10-19(2)17(13)15-11-14(20-3)8-9-16(15)21-4/h8-9,11,13,17-18H,5-7,10,12H2,1-4H3. The van der Waals surface area contributed by atoms with E-state index in [1.807, 2.05) is 19.2 Å². The lowest BCUT2D eigenvalue weighted by molar-refractivity contribution is 0.186. The number of rotatable bonds is 5. The van der Waals surface area contributed by atoms with Crippen LogP contribution in [0.4, 0.5) is 0 Å². The fraction of sp³-hybridized carbons (Fsp3) is 0.647. The van der Waals surface area contributed by atoms with Crippen molar-refractivity contribution in [3.05, 3.63) is 23.8 Å². The molecule has 1 aliphatic rings. The van der Waals surface area contributed by atoms with Gasteiger partial charge in [-0.15, -0.1) is 0 Å². The monoisotopic (exact) mass is 292 g/mol. The summed E-state index contributed by atoms with van der Waals surface area (Å²) in [4.78, 5) is 2.46. The first-order valence-corrected chi connectivity index (χ1v) is 7.78. The highest BCUT2D eigenvalue weighted by Crippen LogP contribution is 2.39. The number of hydrogen-bond acceptors (Lipinski definition) is 4. The molecule has 21 heavy (non-hydrogen) atoms. The van der Waals surface area contributed by atoms with Gasteiger partial charge in [0.1, 0.15) is 11.5 Å². The number of hydrogen-bond donors (Lipinski definition) is 1. The molecule has 1 fully saturated rings. The van der Waals surface area contributed by atoms with Crippen molar-refractivity contribution in [2.45, 2.75) is 25.3 Å². The van der Waals surface area contributed by atoms with Crippen LogP contribution >= 0.6 is 0 Å². The predicted molar refractivity (Wildman–Crippen MR) is 86.2 cm³/mol. The Morgan fingerprint density at radius 2 is 2.05 bits per heavy atom. The molecular formula is C17H28N2O2. The third kappa shape index (κ3) is 3.69. The van der Waals surface area contributed by atoms with Crippen LogP contribution in [0.1, 0.15) is 30.9 Å². The Morgan fingerprint density at radius 3 is 2.71 bits per heavy atom. The molecule has 1 saturated heterocycles. The van der Waals surface area contributed by atoms with Crippen molar-refractivity contribution in [3.63, 3.8) is 0 Å². The number of likely N-dealkylation sites (tertiary alicyclic amines) is 1. The van der Waals surface area contributed by atoms with Gasteiger partial charge in [-0.2, -0.15) is 0 Å². The molecule has 1 N–H and O–H groups in total. The second-order valence-corrected chi connectivity index (χ2v) is 5.85. The molecule has 2 rings (SSSR count). The van der Waals surface area contributed by atoms with Gasteiger partial charge in [0.2, 0.25) is 0 Å². The van der Waals surface area contributed by atoms with Gasteiger partial charge >= 0.3 is 0 Å². The lowest BCUT2D eigenvalue weighted by Gasteiger charge is -2.33. The Bertz CT molecular complexity index is 450. The Labute approximate surface area is 128 Å². The Morgan fingerprint density at radius 1 is 1.24 bits per heavy atom. The SMILES string of the molecule is CNCC1CCCCN(C)C1c1cc(OC)ccc1OC. The summed E-state index contributed by atoms with van der Waals surface area (Å²) in [7, 11) is 7.71. The van der Waals surface area contributed by atoms with Crippen LogP contribution in [0.15, 0.2) is 18.2 Å². The summed E-state index contributed by atoms with van der Waals surface area (Å²) in [5, 5.41) is 3.35. The summed E-state index contributed by atoms with van der Waals surface area (Å²) < 4.78 is 11.0. The van der Waals surface area contributed by atoms with Gasteiger partial charge in [-0.3, -0.25) is 4.90 Å². The van der Waals surface area contributed by atoms with Crippen molar-refractivity contribution in [3.8, 4) is 11.5 Å². The van der Waals surface area contributed by atoms with E-state index in [1.165, 1.54) is 24.8 Å². The van der Waals surface area contributed by atoms with Crippen LogP contribution in [-0.2, 0) is 0 Å². The van der Waals surface area contributed by atoms with Gasteiger partial charge in [0.15, 0.2) is 0 Å². The third-order valence-corrected chi connectivity index (χ3v) is 4.48. The van der Waals surface area contributed by atoms with Gasteiger partial charge in [-0.05, 0) is 64.1 Å². The van der Waals surface area contributed by atoms with Crippen LogP contribution in [0.2, 0.25) is 0 Å². The Balaban J connectivity index is 2.42. The van der Waals surface area contributed by atoms with Crippen LogP contribution in [-0.4, -0.2) is 46.3 Å². The minimum Gasteiger partial charge on any atom is -0.497 e. The first-order chi connectivity index (χ1) is 10.2. The van der Waals surface area contributed by atoms with E-state index in [9.17, 15) is 0 Å². The number of methoxy groups -OCH3 is 2. The van der Waals surface area contributed by atoms with E-state index < -0.39 is 0 Å². The summed E-state index contributed by atoms with van der Waals surface area (Å²) in [5.41, 5.74) is 1.24. The summed E-state index contributed by atoms with van der Waals surface area (Å²) in [6.07, 6.45) is 3.80. The molecule has 0 radical (unpaired) electrons. The summed E-state index contributed by atoms with van der Waals surface area (Å²) in [6.45, 7) is 2.15. The second kappa shape index (κ2) is 7.66. The number of nitrogens with one attached hydrogen (secondary N) is 1. The fourth-order valence-corrected chi connectivity index (χ4v) is 3.46. The van der Waals surface area contributed by atoms with Crippen molar-refractivity contribution < 1.29 is 9.47 Å². The van der Waals surface area contributed by atoms with Crippen LogP contribution < -0.4 is 14.8 Å². The van der Waals surface area contributed by atoms with Crippen molar-refractivity contribution >= 4 is 0 Å². The molecule has 1 aliphatic heterocycles. The van der Waals surface area contributed by atoms with E-state index in [0.717, 1.165) is 24.6 Å². The summed E-state index contributed by atoms with van der Waals surface area (Å²) in [5.74, 6) is 2.44. The number of ether oxygens (including phenoxy) is 2. The van der Waals surface area contributed by atoms with Gasteiger partial charge in [-0.25, -0.2) is 0 Å². The molecule has 0 spiro atoms. The fourth-order valence-electron chi connectivity index (χ4n) is 3.46. The average Bonchev–Trinajstić information content (AvgIpc) is 2.68. The molecule has 4 heteroatoms. The molecule has 0 aromatic heterocycles. The highest BCUT2D eigenvalue weighted by Gasteiger charge is 2.31. The molecule has 1 heterocycles. The molecule has 0 bridgehead atoms. The zero-order chi connectivity index (χ0) is 15.2. The molecule has 0 amide bonds. The lowest BCUT2D eigenvalue weighted by Crippen LogP contribution is -2.34. The minimum absolute atomic E-state index is 0.366. The maximum Gasteiger partial charge on any atom is 0.123 e. The van der Waals surface area contributed by atoms with E-state index in [1.54, 1.807) is 14.2 Å². The molecule has 1 aromatic carbocycles. The summed E-state index contributed by atoms with van der Waals surface area (Å²) in [6, 6.07) is 6.48. The van der Waals surface area contributed by atoms with Crippen LogP contribution in [0.5, 0.6) is 11.5 Å². The van der Waals surface area contributed by atoms with Crippen molar-refractivity contribution in [1.29, 1.82) is 0 Å². The van der Waals surface area contributed by atoms with Crippen molar-refractivity contribution in [2.75, 3.05) is 41.4 Å². The van der Waals surface area contributed by atoms with E-state index in [0.29, 0.717) is 12.0 Å². The van der Waals surface area contributed by atoms with E-state index in [-0.39, 0.29) is 0 Å². The predicted octanol–water partition coefficient (Wildman–Crippen LogP) is 2.70. The van der Waals surface area contributed by atoms with E-state index in [2.05, 4.69) is 23.3 Å². The molecule has 0 aliphatic carbocycles. The first kappa shape index (κ1) is 16.1. The maximum atomic E-state index is 5.61. The largest absolute Gasteiger partial charge is 0.497 e. The lowest BCUT2D eigenvalue weighted by atomic mass is 9.88. The van der Waals surface area contributed by atoms with Crippen LogP contribution in [0.3, 0.4) is 0 Å².